The molecule has 1 aromatic heterocycles. The van der Waals surface area contributed by atoms with Crippen LogP contribution in [-0.2, 0) is 14.8 Å². The van der Waals surface area contributed by atoms with E-state index in [9.17, 15) is 13.2 Å². The van der Waals surface area contributed by atoms with Gasteiger partial charge in [0.2, 0.25) is 11.9 Å². The zero-order valence-corrected chi connectivity index (χ0v) is 17.4. The highest BCUT2D eigenvalue weighted by Gasteiger charge is 2.15. The van der Waals surface area contributed by atoms with Crippen LogP contribution in [0.15, 0.2) is 78.0 Å². The lowest BCUT2D eigenvalue weighted by Crippen LogP contribution is -2.15. The lowest BCUT2D eigenvalue weighted by molar-refractivity contribution is -0.111. The predicted octanol–water partition coefficient (Wildman–Crippen LogP) is 4.05. The highest BCUT2D eigenvalue weighted by atomic mass is 32.2. The van der Waals surface area contributed by atoms with E-state index in [1.54, 1.807) is 12.1 Å². The molecular weight excluding hydrogens is 400 g/mol. The van der Waals surface area contributed by atoms with Crippen molar-refractivity contribution in [1.29, 1.82) is 0 Å². The summed E-state index contributed by atoms with van der Waals surface area (Å²) in [6, 6.07) is 15.4. The average molecular weight is 423 g/mol. The SMILES string of the molecule is CC(C)c1ccc(C=CC(=O)Nc2ccc(S(=O)(=O)Nc3ncccn3)cc2)cc1. The summed E-state index contributed by atoms with van der Waals surface area (Å²) in [6.07, 6.45) is 6.04. The van der Waals surface area contributed by atoms with Gasteiger partial charge in [-0.25, -0.2) is 23.1 Å². The largest absolute Gasteiger partial charge is 0.323 e. The molecule has 1 heterocycles. The van der Waals surface area contributed by atoms with Crippen LogP contribution < -0.4 is 10.0 Å². The van der Waals surface area contributed by atoms with Gasteiger partial charge in [0, 0.05) is 24.2 Å². The number of benzene rings is 2. The smallest absolute Gasteiger partial charge is 0.264 e. The maximum Gasteiger partial charge on any atom is 0.264 e. The van der Waals surface area contributed by atoms with Gasteiger partial charge < -0.3 is 5.32 Å². The second kappa shape index (κ2) is 9.32. The zero-order chi connectivity index (χ0) is 21.6. The topological polar surface area (TPSA) is 101 Å². The molecule has 2 N–H and O–H groups in total. The first-order valence-corrected chi connectivity index (χ1v) is 10.8. The molecule has 0 saturated carbocycles. The fourth-order valence-electron chi connectivity index (χ4n) is 2.60. The Morgan fingerprint density at radius 2 is 1.60 bits per heavy atom. The minimum atomic E-state index is -3.82. The van der Waals surface area contributed by atoms with Gasteiger partial charge in [0.15, 0.2) is 0 Å². The molecule has 0 radical (unpaired) electrons. The first-order chi connectivity index (χ1) is 14.3. The van der Waals surface area contributed by atoms with Crippen molar-refractivity contribution < 1.29 is 13.2 Å². The van der Waals surface area contributed by atoms with Crippen molar-refractivity contribution >= 4 is 33.6 Å². The van der Waals surface area contributed by atoms with Crippen LogP contribution in [0.1, 0.15) is 30.9 Å². The van der Waals surface area contributed by atoms with Gasteiger partial charge in [-0.1, -0.05) is 38.1 Å². The Morgan fingerprint density at radius 3 is 2.20 bits per heavy atom. The van der Waals surface area contributed by atoms with Crippen molar-refractivity contribution in [2.24, 2.45) is 0 Å². The average Bonchev–Trinajstić information content (AvgIpc) is 2.73. The summed E-state index contributed by atoms with van der Waals surface area (Å²) in [6.45, 7) is 4.25. The number of carbonyl (C=O) groups excluding carboxylic acids is 1. The first-order valence-electron chi connectivity index (χ1n) is 9.32. The highest BCUT2D eigenvalue weighted by Crippen LogP contribution is 2.17. The van der Waals surface area contributed by atoms with E-state index in [0.29, 0.717) is 11.6 Å². The number of hydrogen-bond donors (Lipinski definition) is 2. The Balaban J connectivity index is 1.61. The molecule has 0 aliphatic rings. The monoisotopic (exact) mass is 422 g/mol. The summed E-state index contributed by atoms with van der Waals surface area (Å²) in [5.74, 6) is 0.129. The molecule has 0 unspecified atom stereocenters. The molecule has 0 fully saturated rings. The molecular formula is C22H22N4O3S. The maximum absolute atomic E-state index is 12.4. The van der Waals surface area contributed by atoms with Gasteiger partial charge in [-0.05, 0) is 53.5 Å². The molecule has 3 aromatic rings. The fourth-order valence-corrected chi connectivity index (χ4v) is 3.55. The van der Waals surface area contributed by atoms with Gasteiger partial charge in [0.1, 0.15) is 0 Å². The normalized spacial score (nSPS) is 11.6. The second-order valence-electron chi connectivity index (χ2n) is 6.85. The van der Waals surface area contributed by atoms with Crippen LogP contribution in [0.5, 0.6) is 0 Å². The Kier molecular flexibility index (Phi) is 6.58. The lowest BCUT2D eigenvalue weighted by Gasteiger charge is -2.07. The molecule has 0 spiro atoms. The highest BCUT2D eigenvalue weighted by molar-refractivity contribution is 7.92. The minimum absolute atomic E-state index is 0.0126. The standard InChI is InChI=1S/C22H22N4O3S/c1-16(2)18-7-4-17(5-8-18)6-13-21(27)25-19-9-11-20(12-10-19)30(28,29)26-22-23-14-3-15-24-22/h3-16H,1-2H3,(H,25,27)(H,23,24,26). The quantitative estimate of drug-likeness (QED) is 0.559. The summed E-state index contributed by atoms with van der Waals surface area (Å²) >= 11 is 0. The number of nitrogens with one attached hydrogen (secondary N) is 2. The van der Waals surface area contributed by atoms with E-state index in [1.165, 1.54) is 48.3 Å². The van der Waals surface area contributed by atoms with Crippen molar-refractivity contribution in [3.8, 4) is 0 Å². The van der Waals surface area contributed by atoms with E-state index < -0.39 is 10.0 Å². The van der Waals surface area contributed by atoms with E-state index >= 15 is 0 Å². The number of rotatable bonds is 7. The molecule has 154 valence electrons. The second-order valence-corrected chi connectivity index (χ2v) is 8.53. The summed E-state index contributed by atoms with van der Waals surface area (Å²) < 4.78 is 27.0. The number of nitrogens with zero attached hydrogens (tertiary/aromatic N) is 2. The van der Waals surface area contributed by atoms with Crippen LogP contribution in [0, 0.1) is 0 Å². The Labute approximate surface area is 176 Å². The number of sulfonamides is 1. The van der Waals surface area contributed by atoms with E-state index in [-0.39, 0.29) is 16.8 Å². The van der Waals surface area contributed by atoms with E-state index in [2.05, 4.69) is 33.9 Å². The molecule has 3 rings (SSSR count). The van der Waals surface area contributed by atoms with Crippen LogP contribution in [0.25, 0.3) is 6.08 Å². The first kappa shape index (κ1) is 21.2. The van der Waals surface area contributed by atoms with Gasteiger partial charge in [0.05, 0.1) is 4.90 Å². The summed E-state index contributed by atoms with van der Waals surface area (Å²) in [7, 11) is -3.82. The Hall–Kier alpha value is -3.52. The molecule has 30 heavy (non-hydrogen) atoms. The van der Waals surface area contributed by atoms with Gasteiger partial charge in [-0.15, -0.1) is 0 Å². The third-order valence-corrected chi connectivity index (χ3v) is 5.60. The van der Waals surface area contributed by atoms with E-state index in [4.69, 9.17) is 0 Å². The molecule has 0 aliphatic heterocycles. The molecule has 0 aliphatic carbocycles. The van der Waals surface area contributed by atoms with Crippen molar-refractivity contribution in [2.75, 3.05) is 10.0 Å². The molecule has 0 bridgehead atoms. The number of hydrogen-bond acceptors (Lipinski definition) is 5. The molecule has 8 heteroatoms. The summed E-state index contributed by atoms with van der Waals surface area (Å²) in [5, 5.41) is 2.70. The number of amides is 1. The molecule has 0 atom stereocenters. The van der Waals surface area contributed by atoms with Crippen molar-refractivity contribution in [3.63, 3.8) is 0 Å². The van der Waals surface area contributed by atoms with Gasteiger partial charge in [-0.3, -0.25) is 4.79 Å². The van der Waals surface area contributed by atoms with Gasteiger partial charge in [-0.2, -0.15) is 0 Å². The van der Waals surface area contributed by atoms with Crippen molar-refractivity contribution in [1.82, 2.24) is 9.97 Å². The third kappa shape index (κ3) is 5.74. The summed E-state index contributed by atoms with van der Waals surface area (Å²) in [4.78, 5) is 19.9. The molecule has 0 saturated heterocycles. The van der Waals surface area contributed by atoms with Crippen LogP contribution >= 0.6 is 0 Å². The van der Waals surface area contributed by atoms with Gasteiger partial charge >= 0.3 is 0 Å². The van der Waals surface area contributed by atoms with Crippen LogP contribution in [0.3, 0.4) is 0 Å². The fraction of sp³-hybridized carbons (Fsp3) is 0.136. The van der Waals surface area contributed by atoms with Crippen molar-refractivity contribution in [2.45, 2.75) is 24.7 Å². The Morgan fingerprint density at radius 1 is 0.967 bits per heavy atom. The summed E-state index contributed by atoms with van der Waals surface area (Å²) in [5.41, 5.74) is 2.64. The maximum atomic E-state index is 12.4. The predicted molar refractivity (Wildman–Crippen MR) is 117 cm³/mol. The number of aromatic nitrogens is 2. The third-order valence-electron chi connectivity index (χ3n) is 4.25. The van der Waals surface area contributed by atoms with Crippen LogP contribution in [0.4, 0.5) is 11.6 Å². The van der Waals surface area contributed by atoms with Gasteiger partial charge in [0.25, 0.3) is 10.0 Å². The number of carbonyl (C=O) groups is 1. The molecule has 1 amide bonds. The minimum Gasteiger partial charge on any atom is -0.323 e. The zero-order valence-electron chi connectivity index (χ0n) is 16.6. The van der Waals surface area contributed by atoms with Crippen LogP contribution in [-0.4, -0.2) is 24.3 Å². The Bertz CT molecular complexity index is 1130. The van der Waals surface area contributed by atoms with Crippen molar-refractivity contribution in [3.05, 3.63) is 84.2 Å². The molecule has 7 nitrogen and oxygen atoms in total. The van der Waals surface area contributed by atoms with E-state index in [0.717, 1.165) is 5.56 Å². The molecule has 2 aromatic carbocycles. The number of anilines is 2. The van der Waals surface area contributed by atoms with Crippen LogP contribution in [0.2, 0.25) is 0 Å². The lowest BCUT2D eigenvalue weighted by atomic mass is 10.0. The van der Waals surface area contributed by atoms with E-state index in [1.807, 2.05) is 24.3 Å².